The lowest BCUT2D eigenvalue weighted by atomic mass is 10.2. The van der Waals surface area contributed by atoms with Crippen LogP contribution < -0.4 is 5.32 Å². The van der Waals surface area contributed by atoms with Crippen LogP contribution in [0.2, 0.25) is 5.02 Å². The molecule has 0 aliphatic carbocycles. The van der Waals surface area contributed by atoms with E-state index in [2.05, 4.69) is 15.6 Å². The van der Waals surface area contributed by atoms with Gasteiger partial charge in [0.25, 0.3) is 5.91 Å². The molecule has 0 aliphatic heterocycles. The van der Waals surface area contributed by atoms with Crippen molar-refractivity contribution < 1.29 is 4.79 Å². The third kappa shape index (κ3) is 3.91. The zero-order chi connectivity index (χ0) is 17.8. The average molecular weight is 358 g/mol. The Balaban J connectivity index is 1.96. The van der Waals surface area contributed by atoms with E-state index < -0.39 is 0 Å². The highest BCUT2D eigenvalue weighted by atomic mass is 35.5. The first kappa shape index (κ1) is 17.2. The molecule has 25 heavy (non-hydrogen) atoms. The van der Waals surface area contributed by atoms with Crippen LogP contribution in [-0.2, 0) is 6.54 Å². The van der Waals surface area contributed by atoms with E-state index in [4.69, 9.17) is 11.6 Å². The summed E-state index contributed by atoms with van der Waals surface area (Å²) < 4.78 is 3.57. The van der Waals surface area contributed by atoms with Crippen molar-refractivity contribution in [1.29, 1.82) is 0 Å². The highest BCUT2D eigenvalue weighted by molar-refractivity contribution is 6.30. The fraction of sp³-hybridized carbons (Fsp3) is 0.278. The van der Waals surface area contributed by atoms with Crippen LogP contribution in [0.3, 0.4) is 0 Å². The van der Waals surface area contributed by atoms with Gasteiger partial charge in [-0.05, 0) is 43.2 Å². The van der Waals surface area contributed by atoms with Gasteiger partial charge in [0.1, 0.15) is 0 Å². The van der Waals surface area contributed by atoms with Gasteiger partial charge in [0.15, 0.2) is 11.5 Å². The number of nitrogens with zero attached hydrogens (tertiary/aromatic N) is 4. The van der Waals surface area contributed by atoms with Crippen molar-refractivity contribution in [2.24, 2.45) is 0 Å². The molecule has 1 amide bonds. The van der Waals surface area contributed by atoms with Gasteiger partial charge in [-0.15, -0.1) is 5.10 Å². The van der Waals surface area contributed by atoms with Gasteiger partial charge in [-0.2, -0.15) is 0 Å². The Labute approximate surface area is 151 Å². The molecule has 0 aliphatic rings. The summed E-state index contributed by atoms with van der Waals surface area (Å²) in [5.74, 6) is 0.418. The second-order valence-corrected chi connectivity index (χ2v) is 6.36. The van der Waals surface area contributed by atoms with E-state index in [-0.39, 0.29) is 11.9 Å². The van der Waals surface area contributed by atoms with Crippen LogP contribution in [0.15, 0.2) is 48.8 Å². The van der Waals surface area contributed by atoms with E-state index in [1.807, 2.05) is 67.2 Å². The molecular weight excluding hydrogens is 338 g/mol. The van der Waals surface area contributed by atoms with Crippen molar-refractivity contribution in [3.8, 4) is 5.82 Å². The molecule has 2 aromatic heterocycles. The Kier molecular flexibility index (Phi) is 5.19. The maximum atomic E-state index is 12.6. The van der Waals surface area contributed by atoms with Crippen LogP contribution in [-0.4, -0.2) is 31.5 Å². The van der Waals surface area contributed by atoms with E-state index in [1.54, 1.807) is 4.68 Å². The minimum absolute atomic E-state index is 0.0754. The lowest BCUT2D eigenvalue weighted by Gasteiger charge is -2.12. The Morgan fingerprint density at radius 1 is 1.24 bits per heavy atom. The fourth-order valence-electron chi connectivity index (χ4n) is 2.45. The summed E-state index contributed by atoms with van der Waals surface area (Å²) in [6.07, 6.45) is 4.59. The lowest BCUT2D eigenvalue weighted by Crippen LogP contribution is -2.33. The highest BCUT2D eigenvalue weighted by Crippen LogP contribution is 2.16. The molecule has 0 radical (unpaired) electrons. The van der Waals surface area contributed by atoms with E-state index in [9.17, 15) is 4.79 Å². The summed E-state index contributed by atoms with van der Waals surface area (Å²) in [7, 11) is 0. The van der Waals surface area contributed by atoms with Crippen LogP contribution in [0.4, 0.5) is 0 Å². The Hall–Kier alpha value is -2.60. The minimum atomic E-state index is -0.222. The first-order valence-corrected chi connectivity index (χ1v) is 8.58. The number of halogens is 1. The van der Waals surface area contributed by atoms with Crippen molar-refractivity contribution in [3.63, 3.8) is 0 Å². The number of rotatable bonds is 6. The molecule has 1 atom stereocenters. The summed E-state index contributed by atoms with van der Waals surface area (Å²) in [6, 6.07) is 11.4. The van der Waals surface area contributed by atoms with Crippen LogP contribution in [0.1, 0.15) is 36.3 Å². The zero-order valence-corrected chi connectivity index (χ0v) is 14.9. The SMILES string of the molecule is CCC(C)NC(=O)c1nnn(Cc2ccc(Cl)cc2)c1-n1cccc1. The summed E-state index contributed by atoms with van der Waals surface area (Å²) in [5, 5.41) is 12.0. The van der Waals surface area contributed by atoms with E-state index in [0.29, 0.717) is 23.1 Å². The Morgan fingerprint density at radius 2 is 1.92 bits per heavy atom. The van der Waals surface area contributed by atoms with Gasteiger partial charge in [-0.25, -0.2) is 4.68 Å². The van der Waals surface area contributed by atoms with Gasteiger partial charge in [0, 0.05) is 23.5 Å². The summed E-state index contributed by atoms with van der Waals surface area (Å²) in [4.78, 5) is 12.6. The monoisotopic (exact) mass is 357 g/mol. The van der Waals surface area contributed by atoms with Gasteiger partial charge in [0.2, 0.25) is 0 Å². The molecule has 1 unspecified atom stereocenters. The Morgan fingerprint density at radius 3 is 2.56 bits per heavy atom. The summed E-state index contributed by atoms with van der Waals surface area (Å²) >= 11 is 5.94. The average Bonchev–Trinajstić information content (AvgIpc) is 3.26. The molecule has 3 aromatic rings. The van der Waals surface area contributed by atoms with Crippen LogP contribution >= 0.6 is 11.6 Å². The highest BCUT2D eigenvalue weighted by Gasteiger charge is 2.22. The van der Waals surface area contributed by atoms with Crippen LogP contribution in [0.25, 0.3) is 5.82 Å². The van der Waals surface area contributed by atoms with Gasteiger partial charge in [-0.1, -0.05) is 35.9 Å². The minimum Gasteiger partial charge on any atom is -0.348 e. The molecule has 0 spiro atoms. The smallest absolute Gasteiger partial charge is 0.275 e. The number of aromatic nitrogens is 4. The Bertz CT molecular complexity index is 839. The van der Waals surface area contributed by atoms with E-state index in [1.165, 1.54) is 0 Å². The number of carbonyl (C=O) groups excluding carboxylic acids is 1. The molecule has 3 rings (SSSR count). The molecule has 130 valence electrons. The van der Waals surface area contributed by atoms with Crippen molar-refractivity contribution >= 4 is 17.5 Å². The van der Waals surface area contributed by atoms with Gasteiger partial charge in [-0.3, -0.25) is 4.79 Å². The molecule has 0 saturated carbocycles. The maximum Gasteiger partial charge on any atom is 0.275 e. The molecule has 0 bridgehead atoms. The number of hydrogen-bond donors (Lipinski definition) is 1. The van der Waals surface area contributed by atoms with Crippen molar-refractivity contribution in [1.82, 2.24) is 24.9 Å². The quantitative estimate of drug-likeness (QED) is 0.736. The van der Waals surface area contributed by atoms with Crippen molar-refractivity contribution in [2.45, 2.75) is 32.9 Å². The first-order valence-electron chi connectivity index (χ1n) is 8.20. The number of hydrogen-bond acceptors (Lipinski definition) is 3. The summed E-state index contributed by atoms with van der Waals surface area (Å²) in [5.41, 5.74) is 1.34. The molecule has 6 nitrogen and oxygen atoms in total. The predicted octanol–water partition coefficient (Wildman–Crippen LogP) is 3.30. The molecule has 0 fully saturated rings. The number of carbonyl (C=O) groups is 1. The number of benzene rings is 1. The standard InChI is InChI=1S/C18H20ClN5O/c1-3-13(2)20-17(25)16-18(23-10-4-5-11-23)24(22-21-16)12-14-6-8-15(19)9-7-14/h4-11,13H,3,12H2,1-2H3,(H,20,25). The largest absolute Gasteiger partial charge is 0.348 e. The van der Waals surface area contributed by atoms with E-state index in [0.717, 1.165) is 12.0 Å². The number of nitrogens with one attached hydrogen (secondary N) is 1. The third-order valence-corrected chi connectivity index (χ3v) is 4.26. The lowest BCUT2D eigenvalue weighted by molar-refractivity contribution is 0.0934. The predicted molar refractivity (Wildman–Crippen MR) is 97.1 cm³/mol. The van der Waals surface area contributed by atoms with Crippen molar-refractivity contribution in [2.75, 3.05) is 0 Å². The molecule has 2 heterocycles. The van der Waals surface area contributed by atoms with Crippen LogP contribution in [0.5, 0.6) is 0 Å². The second-order valence-electron chi connectivity index (χ2n) is 5.92. The molecule has 7 heteroatoms. The van der Waals surface area contributed by atoms with E-state index >= 15 is 0 Å². The topological polar surface area (TPSA) is 64.7 Å². The first-order chi connectivity index (χ1) is 12.1. The number of amides is 1. The molecule has 0 saturated heterocycles. The summed E-state index contributed by atoms with van der Waals surface area (Å²) in [6.45, 7) is 4.48. The third-order valence-electron chi connectivity index (χ3n) is 4.01. The normalized spacial score (nSPS) is 12.1. The van der Waals surface area contributed by atoms with Crippen molar-refractivity contribution in [3.05, 3.63) is 65.1 Å². The van der Waals surface area contributed by atoms with Gasteiger partial charge < -0.3 is 9.88 Å². The van der Waals surface area contributed by atoms with Crippen LogP contribution in [0, 0.1) is 0 Å². The maximum absolute atomic E-state index is 12.6. The molecule has 1 N–H and O–H groups in total. The second kappa shape index (κ2) is 7.53. The zero-order valence-electron chi connectivity index (χ0n) is 14.2. The van der Waals surface area contributed by atoms with Gasteiger partial charge in [0.05, 0.1) is 6.54 Å². The fourth-order valence-corrected chi connectivity index (χ4v) is 2.58. The molecular formula is C18H20ClN5O. The van der Waals surface area contributed by atoms with Gasteiger partial charge >= 0.3 is 0 Å². The molecule has 1 aromatic carbocycles.